The van der Waals surface area contributed by atoms with Gasteiger partial charge in [-0.15, -0.1) is 0 Å². The Bertz CT molecular complexity index is 1280. The van der Waals surface area contributed by atoms with Crippen LogP contribution in [-0.2, 0) is 13.0 Å². The number of hydrogen-bond acceptors (Lipinski definition) is 5. The third-order valence-corrected chi connectivity index (χ3v) is 6.30. The predicted molar refractivity (Wildman–Crippen MR) is 125 cm³/mol. The lowest BCUT2D eigenvalue weighted by atomic mass is 10.0. The third kappa shape index (κ3) is 4.71. The number of fused-ring (bicyclic) bond motifs is 1. The Morgan fingerprint density at radius 3 is 2.79 bits per heavy atom. The van der Waals surface area contributed by atoms with Crippen LogP contribution in [0.4, 0.5) is 4.39 Å². The highest BCUT2D eigenvalue weighted by atomic mass is 19.1. The van der Waals surface area contributed by atoms with Gasteiger partial charge < -0.3 is 10.3 Å². The quantitative estimate of drug-likeness (QED) is 0.606. The molecule has 0 radical (unpaired) electrons. The van der Waals surface area contributed by atoms with Crippen molar-refractivity contribution in [3.8, 4) is 0 Å². The highest BCUT2D eigenvalue weighted by molar-refractivity contribution is 5.93. The number of alkyl halides is 1. The van der Waals surface area contributed by atoms with E-state index >= 15 is 0 Å². The van der Waals surface area contributed by atoms with Crippen molar-refractivity contribution in [2.45, 2.75) is 44.9 Å². The van der Waals surface area contributed by atoms with Gasteiger partial charge in [-0.1, -0.05) is 19.1 Å². The number of amides is 1. The van der Waals surface area contributed by atoms with Crippen LogP contribution in [0.2, 0.25) is 0 Å². The molecule has 8 heteroatoms. The van der Waals surface area contributed by atoms with E-state index in [9.17, 15) is 14.0 Å². The lowest BCUT2D eigenvalue weighted by Crippen LogP contribution is -2.28. The van der Waals surface area contributed by atoms with E-state index in [1.54, 1.807) is 12.3 Å². The summed E-state index contributed by atoms with van der Waals surface area (Å²) >= 11 is 0. The van der Waals surface area contributed by atoms with Gasteiger partial charge in [0.25, 0.3) is 11.5 Å². The molecule has 2 aliphatic rings. The standard InChI is InChI=1S/C25H26FN5O2/c1-2-16-10-22-23(30-24(16)32)9-15(12-27-22)14-31-7-5-17(6-8-31)18-3-4-20(28-13-18)25(33)29-21-11-19(21)26/h3-5,9-10,12-13,19,21H,2,6-8,11,14H2,1H3,(H,29,33)(H,30,32)/t19-,21+/m0/s1. The highest BCUT2D eigenvalue weighted by Crippen LogP contribution is 2.26. The van der Waals surface area contributed by atoms with Gasteiger partial charge in [0, 0.05) is 44.0 Å². The van der Waals surface area contributed by atoms with Crippen LogP contribution >= 0.6 is 0 Å². The van der Waals surface area contributed by atoms with Gasteiger partial charge in [-0.2, -0.15) is 0 Å². The Kier molecular flexibility index (Phi) is 5.76. The van der Waals surface area contributed by atoms with Crippen molar-refractivity contribution in [1.29, 1.82) is 0 Å². The molecule has 1 aliphatic heterocycles. The number of nitrogens with one attached hydrogen (secondary N) is 2. The summed E-state index contributed by atoms with van der Waals surface area (Å²) in [5.41, 5.74) is 5.83. The fourth-order valence-electron chi connectivity index (χ4n) is 4.17. The van der Waals surface area contributed by atoms with Crippen molar-refractivity contribution in [2.75, 3.05) is 13.1 Å². The Morgan fingerprint density at radius 1 is 1.27 bits per heavy atom. The van der Waals surface area contributed by atoms with Crippen molar-refractivity contribution < 1.29 is 9.18 Å². The first-order valence-electron chi connectivity index (χ1n) is 11.3. The largest absolute Gasteiger partial charge is 0.345 e. The SMILES string of the molecule is CCc1cc2ncc(CN3CC=C(c4ccc(C(=O)N[C@@H]5C[C@@H]5F)nc4)CC3)cc2[nH]c1=O. The number of aromatic amines is 1. The second-order valence-corrected chi connectivity index (χ2v) is 8.73. The Balaban J connectivity index is 1.22. The van der Waals surface area contributed by atoms with E-state index in [4.69, 9.17) is 0 Å². The van der Waals surface area contributed by atoms with Crippen molar-refractivity contribution in [2.24, 2.45) is 0 Å². The van der Waals surface area contributed by atoms with Crippen LogP contribution in [-0.4, -0.2) is 51.1 Å². The minimum Gasteiger partial charge on any atom is -0.345 e. The second-order valence-electron chi connectivity index (χ2n) is 8.73. The number of hydrogen-bond donors (Lipinski definition) is 2. The normalized spacial score (nSPS) is 20.5. The average molecular weight is 448 g/mol. The molecule has 7 nitrogen and oxygen atoms in total. The van der Waals surface area contributed by atoms with Crippen molar-refractivity contribution in [1.82, 2.24) is 25.2 Å². The molecule has 1 aliphatic carbocycles. The zero-order valence-electron chi connectivity index (χ0n) is 18.5. The molecule has 4 heterocycles. The fraction of sp³-hybridized carbons (Fsp3) is 0.360. The molecule has 3 aromatic rings. The first-order chi connectivity index (χ1) is 16.0. The van der Waals surface area contributed by atoms with Crippen molar-refractivity contribution in [3.05, 3.63) is 75.5 Å². The van der Waals surface area contributed by atoms with Gasteiger partial charge in [0.05, 0.1) is 17.1 Å². The summed E-state index contributed by atoms with van der Waals surface area (Å²) in [6, 6.07) is 7.09. The van der Waals surface area contributed by atoms with Crippen LogP contribution in [0.3, 0.4) is 0 Å². The van der Waals surface area contributed by atoms with E-state index in [-0.39, 0.29) is 17.5 Å². The number of pyridine rings is 3. The lowest BCUT2D eigenvalue weighted by molar-refractivity contribution is 0.0942. The maximum atomic E-state index is 13.0. The molecule has 33 heavy (non-hydrogen) atoms. The smallest absolute Gasteiger partial charge is 0.270 e. The number of H-pyrrole nitrogens is 1. The molecule has 1 amide bonds. The molecular weight excluding hydrogens is 421 g/mol. The summed E-state index contributed by atoms with van der Waals surface area (Å²) in [5.74, 6) is -0.327. The van der Waals surface area contributed by atoms with Gasteiger partial charge in [-0.25, -0.2) is 4.39 Å². The number of carbonyl (C=O) groups excluding carboxylic acids is 1. The molecule has 0 saturated heterocycles. The minimum atomic E-state index is -0.926. The third-order valence-electron chi connectivity index (χ3n) is 6.30. The van der Waals surface area contributed by atoms with Crippen LogP contribution in [0.5, 0.6) is 0 Å². The molecule has 0 bridgehead atoms. The van der Waals surface area contributed by atoms with E-state index in [1.807, 2.05) is 31.3 Å². The van der Waals surface area contributed by atoms with Gasteiger partial charge in [0.1, 0.15) is 11.9 Å². The highest BCUT2D eigenvalue weighted by Gasteiger charge is 2.38. The number of rotatable bonds is 6. The molecule has 5 rings (SSSR count). The van der Waals surface area contributed by atoms with Gasteiger partial charge in [0.2, 0.25) is 0 Å². The molecule has 170 valence electrons. The Morgan fingerprint density at radius 2 is 2.12 bits per heavy atom. The lowest BCUT2D eigenvalue weighted by Gasteiger charge is -2.26. The monoisotopic (exact) mass is 447 g/mol. The second kappa shape index (κ2) is 8.86. The summed E-state index contributed by atoms with van der Waals surface area (Å²) in [5, 5.41) is 2.65. The maximum absolute atomic E-state index is 13.0. The number of nitrogens with zero attached hydrogens (tertiary/aromatic N) is 3. The van der Waals surface area contributed by atoms with Crippen molar-refractivity contribution >= 4 is 22.5 Å². The molecule has 0 spiro atoms. The van der Waals surface area contributed by atoms with Crippen molar-refractivity contribution in [3.63, 3.8) is 0 Å². The van der Waals surface area contributed by atoms with Crippen LogP contribution in [0.15, 0.2) is 47.5 Å². The first kappa shape index (κ1) is 21.5. The Labute approximate surface area is 190 Å². The zero-order valence-corrected chi connectivity index (χ0v) is 18.5. The zero-order chi connectivity index (χ0) is 22.9. The van der Waals surface area contributed by atoms with Gasteiger partial charge >= 0.3 is 0 Å². The molecule has 0 aromatic carbocycles. The van der Waals surface area contributed by atoms with Gasteiger partial charge in [0.15, 0.2) is 0 Å². The molecular formula is C25H26FN5O2. The van der Waals surface area contributed by atoms with Crippen LogP contribution in [0.25, 0.3) is 16.6 Å². The molecule has 1 fully saturated rings. The summed E-state index contributed by atoms with van der Waals surface area (Å²) in [6.07, 6.45) is 6.79. The van der Waals surface area contributed by atoms with Gasteiger partial charge in [-0.05, 0) is 47.7 Å². The molecule has 3 aromatic heterocycles. The van der Waals surface area contributed by atoms with E-state index in [1.165, 1.54) is 5.57 Å². The van der Waals surface area contributed by atoms with E-state index < -0.39 is 6.17 Å². The minimum absolute atomic E-state index is 0.0502. The van der Waals surface area contributed by atoms with Gasteiger partial charge in [-0.3, -0.25) is 24.5 Å². The molecule has 2 atom stereocenters. The van der Waals surface area contributed by atoms with Crippen LogP contribution < -0.4 is 10.9 Å². The first-order valence-corrected chi connectivity index (χ1v) is 11.3. The summed E-state index contributed by atoms with van der Waals surface area (Å²) in [4.78, 5) is 38.3. The van der Waals surface area contributed by atoms with E-state index in [0.717, 1.165) is 53.8 Å². The summed E-state index contributed by atoms with van der Waals surface area (Å²) < 4.78 is 13.0. The number of carbonyl (C=O) groups is 1. The average Bonchev–Trinajstić information content (AvgIpc) is 3.53. The topological polar surface area (TPSA) is 91.0 Å². The predicted octanol–water partition coefficient (Wildman–Crippen LogP) is 3.01. The van der Waals surface area contributed by atoms with E-state index in [0.29, 0.717) is 18.5 Å². The summed E-state index contributed by atoms with van der Waals surface area (Å²) in [7, 11) is 0. The fourth-order valence-corrected chi connectivity index (χ4v) is 4.17. The van der Waals surface area contributed by atoms with E-state index in [2.05, 4.69) is 31.2 Å². The molecule has 1 saturated carbocycles. The number of aryl methyl sites for hydroxylation is 1. The van der Waals surface area contributed by atoms with Crippen LogP contribution in [0.1, 0.15) is 46.9 Å². The molecule has 2 N–H and O–H groups in total. The van der Waals surface area contributed by atoms with Crippen LogP contribution in [0, 0.1) is 0 Å². The number of aromatic nitrogens is 3. The maximum Gasteiger partial charge on any atom is 0.270 e. The molecule has 0 unspecified atom stereocenters. The Hall–Kier alpha value is -3.39. The summed E-state index contributed by atoms with van der Waals surface area (Å²) in [6.45, 7) is 4.39. The number of halogens is 1.